The number of aryl methyl sites for hydroxylation is 1. The molecule has 0 saturated carbocycles. The van der Waals surface area contributed by atoms with Crippen LogP contribution in [0.1, 0.15) is 36.2 Å². The predicted molar refractivity (Wildman–Crippen MR) is 106 cm³/mol. The molecule has 2 aliphatic rings. The van der Waals surface area contributed by atoms with Crippen molar-refractivity contribution in [2.24, 2.45) is 0 Å². The second-order valence-electron chi connectivity index (χ2n) is 7.59. The molecule has 150 valence electrons. The molecule has 8 nitrogen and oxygen atoms in total. The van der Waals surface area contributed by atoms with Crippen molar-refractivity contribution in [3.63, 3.8) is 0 Å². The smallest absolute Gasteiger partial charge is 0.267 e. The number of hydrogen-bond donors (Lipinski definition) is 1. The van der Waals surface area contributed by atoms with Crippen molar-refractivity contribution < 1.29 is 4.74 Å². The molecule has 2 aromatic rings. The van der Waals surface area contributed by atoms with Crippen LogP contribution in [-0.4, -0.2) is 56.9 Å². The van der Waals surface area contributed by atoms with E-state index in [9.17, 15) is 4.79 Å². The van der Waals surface area contributed by atoms with Gasteiger partial charge < -0.3 is 10.1 Å². The van der Waals surface area contributed by atoms with Gasteiger partial charge in [0.05, 0.1) is 37.3 Å². The molecule has 0 aromatic carbocycles. The Morgan fingerprint density at radius 2 is 2.21 bits per heavy atom. The van der Waals surface area contributed by atoms with Gasteiger partial charge in [0.25, 0.3) is 5.56 Å². The Kier molecular flexibility index (Phi) is 5.97. The second kappa shape index (κ2) is 8.79. The molecule has 1 N–H and O–H groups in total. The average Bonchev–Trinajstić information content (AvgIpc) is 2.71. The number of fused-ring (bicyclic) bond motifs is 1. The number of anilines is 1. The third-order valence-corrected chi connectivity index (χ3v) is 5.53. The molecule has 1 atom stereocenters. The van der Waals surface area contributed by atoms with Crippen LogP contribution in [0, 0.1) is 6.92 Å². The highest BCUT2D eigenvalue weighted by Gasteiger charge is 2.22. The van der Waals surface area contributed by atoms with Crippen LogP contribution >= 0.6 is 0 Å². The fraction of sp³-hybridized carbons (Fsp3) is 0.600. The normalized spacial score (nSPS) is 20.0. The Balaban J connectivity index is 1.38. The lowest BCUT2D eigenvalue weighted by Crippen LogP contribution is -2.46. The molecular formula is C20H28N6O2. The lowest BCUT2D eigenvalue weighted by molar-refractivity contribution is 0.107. The van der Waals surface area contributed by atoms with Crippen molar-refractivity contribution in [3.05, 3.63) is 45.8 Å². The van der Waals surface area contributed by atoms with Gasteiger partial charge in [-0.2, -0.15) is 5.10 Å². The monoisotopic (exact) mass is 384 g/mol. The second-order valence-corrected chi connectivity index (χ2v) is 7.59. The quantitative estimate of drug-likeness (QED) is 0.805. The van der Waals surface area contributed by atoms with Crippen LogP contribution in [0.4, 0.5) is 5.82 Å². The van der Waals surface area contributed by atoms with Crippen LogP contribution in [0.3, 0.4) is 0 Å². The molecular weight excluding hydrogens is 356 g/mol. The summed E-state index contributed by atoms with van der Waals surface area (Å²) in [6.45, 7) is 6.46. The first-order valence-electron chi connectivity index (χ1n) is 10.1. The number of piperidine rings is 1. The van der Waals surface area contributed by atoms with Gasteiger partial charge in [0.1, 0.15) is 5.82 Å². The highest BCUT2D eigenvalue weighted by Crippen LogP contribution is 2.18. The average molecular weight is 384 g/mol. The van der Waals surface area contributed by atoms with Crippen molar-refractivity contribution in [2.45, 2.75) is 51.8 Å². The van der Waals surface area contributed by atoms with Crippen molar-refractivity contribution >= 4 is 5.82 Å². The Morgan fingerprint density at radius 3 is 3.11 bits per heavy atom. The van der Waals surface area contributed by atoms with E-state index in [1.54, 1.807) is 23.1 Å². The molecule has 2 aromatic heterocycles. The van der Waals surface area contributed by atoms with Gasteiger partial charge in [-0.1, -0.05) is 6.42 Å². The minimum Gasteiger partial charge on any atom is -0.376 e. The minimum atomic E-state index is -0.0361. The van der Waals surface area contributed by atoms with Crippen LogP contribution < -0.4 is 10.9 Å². The van der Waals surface area contributed by atoms with Gasteiger partial charge in [-0.05, 0) is 26.3 Å². The zero-order chi connectivity index (χ0) is 19.3. The molecule has 1 unspecified atom stereocenters. The molecule has 0 aliphatic carbocycles. The van der Waals surface area contributed by atoms with Crippen molar-refractivity contribution in [2.75, 3.05) is 31.6 Å². The van der Waals surface area contributed by atoms with E-state index in [0.717, 1.165) is 55.2 Å². The molecule has 8 heteroatoms. The van der Waals surface area contributed by atoms with E-state index < -0.39 is 0 Å². The van der Waals surface area contributed by atoms with Crippen LogP contribution in [-0.2, 0) is 24.3 Å². The lowest BCUT2D eigenvalue weighted by Gasteiger charge is -2.36. The van der Waals surface area contributed by atoms with E-state index in [4.69, 9.17) is 4.74 Å². The lowest BCUT2D eigenvalue weighted by atomic mass is 10.0. The van der Waals surface area contributed by atoms with Gasteiger partial charge in [0.15, 0.2) is 0 Å². The Morgan fingerprint density at radius 1 is 1.29 bits per heavy atom. The van der Waals surface area contributed by atoms with Gasteiger partial charge in [-0.15, -0.1) is 0 Å². The topological polar surface area (TPSA) is 85.2 Å². The summed E-state index contributed by atoms with van der Waals surface area (Å²) in [6, 6.07) is 2.12. The van der Waals surface area contributed by atoms with E-state index in [1.165, 1.54) is 12.8 Å². The van der Waals surface area contributed by atoms with Gasteiger partial charge in [-0.3, -0.25) is 14.7 Å². The van der Waals surface area contributed by atoms with Gasteiger partial charge in [0.2, 0.25) is 0 Å². The largest absolute Gasteiger partial charge is 0.376 e. The molecule has 4 rings (SSSR count). The zero-order valence-corrected chi connectivity index (χ0v) is 16.4. The summed E-state index contributed by atoms with van der Waals surface area (Å²) in [7, 11) is 0. The summed E-state index contributed by atoms with van der Waals surface area (Å²) in [5.41, 5.74) is 2.81. The molecule has 1 saturated heterocycles. The molecule has 2 aliphatic heterocycles. The number of nitrogens with zero attached hydrogens (tertiary/aromatic N) is 5. The number of likely N-dealkylation sites (tertiary alicyclic amines) is 1. The third kappa shape index (κ3) is 4.56. The molecule has 1 fully saturated rings. The minimum absolute atomic E-state index is 0.0361. The molecule has 0 radical (unpaired) electrons. The van der Waals surface area contributed by atoms with Crippen molar-refractivity contribution in [1.82, 2.24) is 24.6 Å². The Labute approximate surface area is 164 Å². The first kappa shape index (κ1) is 19.0. The summed E-state index contributed by atoms with van der Waals surface area (Å²) >= 11 is 0. The molecule has 28 heavy (non-hydrogen) atoms. The first-order valence-corrected chi connectivity index (χ1v) is 10.1. The standard InChI is InChI=1S/C20H28N6O2/c1-15-11-21-13-19(23-15)22-12-17-4-2-3-6-25(17)7-8-26-20(27)10-16-14-28-9-5-18(16)24-26/h10-11,13,17H,2-9,12,14H2,1H3,(H,22,23). The van der Waals surface area contributed by atoms with E-state index in [2.05, 4.69) is 25.3 Å². The van der Waals surface area contributed by atoms with Gasteiger partial charge >= 0.3 is 0 Å². The number of nitrogens with one attached hydrogen (secondary N) is 1. The number of rotatable bonds is 6. The number of ether oxygens (including phenoxy) is 1. The van der Waals surface area contributed by atoms with Crippen molar-refractivity contribution in [3.8, 4) is 0 Å². The maximum absolute atomic E-state index is 12.4. The van der Waals surface area contributed by atoms with Gasteiger partial charge in [-0.25, -0.2) is 9.67 Å². The zero-order valence-electron chi connectivity index (χ0n) is 16.4. The first-order chi connectivity index (χ1) is 13.7. The fourth-order valence-electron chi connectivity index (χ4n) is 3.99. The highest BCUT2D eigenvalue weighted by atomic mass is 16.5. The molecule has 0 spiro atoms. The van der Waals surface area contributed by atoms with Crippen LogP contribution in [0.5, 0.6) is 0 Å². The maximum Gasteiger partial charge on any atom is 0.267 e. The maximum atomic E-state index is 12.4. The van der Waals surface area contributed by atoms with Crippen molar-refractivity contribution in [1.29, 1.82) is 0 Å². The Bertz CT molecular complexity index is 868. The molecule has 4 heterocycles. The van der Waals surface area contributed by atoms with Gasteiger partial charge in [0, 0.05) is 43.4 Å². The predicted octanol–water partition coefficient (Wildman–Crippen LogP) is 1.38. The SMILES string of the molecule is Cc1cncc(NCC2CCCCN2CCn2nc3c(cc2=O)COCC3)n1. The van der Waals surface area contributed by atoms with Crippen LogP contribution in [0.2, 0.25) is 0 Å². The van der Waals surface area contributed by atoms with E-state index in [0.29, 0.717) is 25.8 Å². The fourth-order valence-corrected chi connectivity index (χ4v) is 3.99. The number of hydrogen-bond acceptors (Lipinski definition) is 7. The van der Waals surface area contributed by atoms with Crippen LogP contribution in [0.15, 0.2) is 23.3 Å². The summed E-state index contributed by atoms with van der Waals surface area (Å²) in [5.74, 6) is 0.820. The summed E-state index contributed by atoms with van der Waals surface area (Å²) < 4.78 is 7.04. The molecule has 0 amide bonds. The third-order valence-electron chi connectivity index (χ3n) is 5.53. The Hall–Kier alpha value is -2.32. The molecule has 0 bridgehead atoms. The van der Waals surface area contributed by atoms with E-state index in [1.807, 2.05) is 6.92 Å². The summed E-state index contributed by atoms with van der Waals surface area (Å²) in [4.78, 5) is 23.5. The van der Waals surface area contributed by atoms with E-state index >= 15 is 0 Å². The number of aromatic nitrogens is 4. The van der Waals surface area contributed by atoms with E-state index in [-0.39, 0.29) is 5.56 Å². The summed E-state index contributed by atoms with van der Waals surface area (Å²) in [5, 5.41) is 8.01. The van der Waals surface area contributed by atoms with Crippen LogP contribution in [0.25, 0.3) is 0 Å². The summed E-state index contributed by atoms with van der Waals surface area (Å²) in [6.07, 6.45) is 7.89. The highest BCUT2D eigenvalue weighted by molar-refractivity contribution is 5.31.